The summed E-state index contributed by atoms with van der Waals surface area (Å²) in [5.74, 6) is 1.76. The number of nitrogens with zero attached hydrogens (tertiary/aromatic N) is 4. The third-order valence-corrected chi connectivity index (χ3v) is 6.85. The largest absolute Gasteiger partial charge is 0.454 e. The molecule has 0 radical (unpaired) electrons. The van der Waals surface area contributed by atoms with E-state index in [1.54, 1.807) is 11.3 Å². The Morgan fingerprint density at radius 2 is 1.89 bits per heavy atom. The van der Waals surface area contributed by atoms with E-state index in [1.807, 2.05) is 12.3 Å². The van der Waals surface area contributed by atoms with Gasteiger partial charge in [0, 0.05) is 56.9 Å². The van der Waals surface area contributed by atoms with Crippen molar-refractivity contribution in [3.63, 3.8) is 0 Å². The number of fused-ring (bicyclic) bond motifs is 1. The molecule has 4 heterocycles. The molecule has 1 aromatic carbocycles. The van der Waals surface area contributed by atoms with Crippen molar-refractivity contribution >= 4 is 11.3 Å². The van der Waals surface area contributed by atoms with Gasteiger partial charge < -0.3 is 9.47 Å². The first-order chi connectivity index (χ1) is 13.8. The molecule has 0 bridgehead atoms. The number of thiazole rings is 1. The molecule has 5 rings (SSSR count). The maximum Gasteiger partial charge on any atom is 0.231 e. The maximum absolute atomic E-state index is 5.51. The molecule has 28 heavy (non-hydrogen) atoms. The second-order valence-electron chi connectivity index (χ2n) is 7.96. The normalized spacial score (nSPS) is 23.9. The molecule has 2 aromatic rings. The Bertz CT molecular complexity index is 777. The number of likely N-dealkylation sites (tertiary alicyclic amines) is 1. The lowest BCUT2D eigenvalue weighted by Crippen LogP contribution is -2.54. The Morgan fingerprint density at radius 3 is 2.75 bits per heavy atom. The van der Waals surface area contributed by atoms with Crippen LogP contribution >= 0.6 is 11.3 Å². The molecule has 0 aliphatic carbocycles. The molecule has 1 aromatic heterocycles. The van der Waals surface area contributed by atoms with Crippen molar-refractivity contribution in [3.8, 4) is 11.5 Å². The monoisotopic (exact) mass is 400 g/mol. The molecule has 0 saturated carbocycles. The summed E-state index contributed by atoms with van der Waals surface area (Å²) >= 11 is 1.77. The predicted octanol–water partition coefficient (Wildman–Crippen LogP) is 2.65. The van der Waals surface area contributed by atoms with Crippen LogP contribution < -0.4 is 9.47 Å². The standard InChI is InChI=1S/C21H28N4O2S/c1-2-18(14-24(6-1)15-21-22-5-11-28-21)25-9-7-23(8-10-25)13-17-3-4-19-20(12-17)27-16-26-19/h3-5,11-12,18H,1-2,6-10,13-16H2. The smallest absolute Gasteiger partial charge is 0.231 e. The van der Waals surface area contributed by atoms with Gasteiger partial charge in [0.25, 0.3) is 0 Å². The second-order valence-corrected chi connectivity index (χ2v) is 8.94. The number of piperazine rings is 1. The van der Waals surface area contributed by atoms with Crippen LogP contribution in [0.2, 0.25) is 0 Å². The molecular weight excluding hydrogens is 372 g/mol. The zero-order chi connectivity index (χ0) is 18.8. The van der Waals surface area contributed by atoms with Crippen molar-refractivity contribution in [3.05, 3.63) is 40.3 Å². The molecule has 2 saturated heterocycles. The van der Waals surface area contributed by atoms with Gasteiger partial charge in [-0.3, -0.25) is 14.7 Å². The summed E-state index contributed by atoms with van der Waals surface area (Å²) in [6.07, 6.45) is 4.55. The average Bonchev–Trinajstić information content (AvgIpc) is 3.40. The molecular formula is C21H28N4O2S. The van der Waals surface area contributed by atoms with Crippen LogP contribution in [0.5, 0.6) is 11.5 Å². The summed E-state index contributed by atoms with van der Waals surface area (Å²) in [6, 6.07) is 7.03. The quantitative estimate of drug-likeness (QED) is 0.769. The van der Waals surface area contributed by atoms with Gasteiger partial charge in [0.2, 0.25) is 6.79 Å². The summed E-state index contributed by atoms with van der Waals surface area (Å²) in [7, 11) is 0. The summed E-state index contributed by atoms with van der Waals surface area (Å²) in [4.78, 5) is 12.3. The van der Waals surface area contributed by atoms with Crippen LogP contribution in [-0.2, 0) is 13.1 Å². The minimum atomic E-state index is 0.346. The third kappa shape index (κ3) is 4.17. The number of hydrogen-bond acceptors (Lipinski definition) is 7. The Morgan fingerprint density at radius 1 is 1.00 bits per heavy atom. The first-order valence-electron chi connectivity index (χ1n) is 10.3. The van der Waals surface area contributed by atoms with Crippen molar-refractivity contribution in [1.82, 2.24) is 19.7 Å². The van der Waals surface area contributed by atoms with Gasteiger partial charge in [-0.05, 0) is 37.1 Å². The molecule has 2 fully saturated rings. The van der Waals surface area contributed by atoms with Gasteiger partial charge in [-0.25, -0.2) is 4.98 Å². The molecule has 0 spiro atoms. The Kier molecular flexibility index (Phi) is 5.49. The van der Waals surface area contributed by atoms with Crippen LogP contribution in [0.1, 0.15) is 23.4 Å². The Labute approximate surface area is 170 Å². The fourth-order valence-electron chi connectivity index (χ4n) is 4.58. The predicted molar refractivity (Wildman–Crippen MR) is 110 cm³/mol. The first-order valence-corrected chi connectivity index (χ1v) is 11.2. The molecule has 1 atom stereocenters. The van der Waals surface area contributed by atoms with Crippen molar-refractivity contribution in [2.24, 2.45) is 0 Å². The number of aromatic nitrogens is 1. The van der Waals surface area contributed by atoms with Crippen molar-refractivity contribution in [1.29, 1.82) is 0 Å². The molecule has 6 nitrogen and oxygen atoms in total. The van der Waals surface area contributed by atoms with Gasteiger partial charge in [0.15, 0.2) is 11.5 Å². The van der Waals surface area contributed by atoms with Crippen LogP contribution in [-0.4, -0.2) is 71.8 Å². The van der Waals surface area contributed by atoms with Crippen LogP contribution in [0.3, 0.4) is 0 Å². The summed E-state index contributed by atoms with van der Waals surface area (Å²) in [6.45, 7) is 9.35. The van der Waals surface area contributed by atoms with Gasteiger partial charge in [-0.15, -0.1) is 11.3 Å². The summed E-state index contributed by atoms with van der Waals surface area (Å²) in [5.41, 5.74) is 1.31. The number of hydrogen-bond donors (Lipinski definition) is 0. The third-order valence-electron chi connectivity index (χ3n) is 6.09. The number of rotatable bonds is 5. The van der Waals surface area contributed by atoms with Crippen LogP contribution in [0.15, 0.2) is 29.8 Å². The highest BCUT2D eigenvalue weighted by Gasteiger charge is 2.28. The molecule has 3 aliphatic rings. The van der Waals surface area contributed by atoms with E-state index in [2.05, 4.69) is 37.2 Å². The molecule has 0 amide bonds. The second kappa shape index (κ2) is 8.37. The highest BCUT2D eigenvalue weighted by Crippen LogP contribution is 2.33. The zero-order valence-electron chi connectivity index (χ0n) is 16.3. The summed E-state index contributed by atoms with van der Waals surface area (Å²) < 4.78 is 10.9. The number of ether oxygens (including phenoxy) is 2. The van der Waals surface area contributed by atoms with Crippen molar-refractivity contribution in [2.75, 3.05) is 46.1 Å². The fraction of sp³-hybridized carbons (Fsp3) is 0.571. The van der Waals surface area contributed by atoms with Gasteiger partial charge in [0.05, 0.1) is 6.54 Å². The minimum Gasteiger partial charge on any atom is -0.454 e. The van der Waals surface area contributed by atoms with Gasteiger partial charge >= 0.3 is 0 Å². The Hall–Kier alpha value is -1.67. The lowest BCUT2D eigenvalue weighted by molar-refractivity contribution is 0.0477. The van der Waals surface area contributed by atoms with E-state index in [0.29, 0.717) is 12.8 Å². The number of piperidine rings is 1. The highest BCUT2D eigenvalue weighted by atomic mass is 32.1. The van der Waals surface area contributed by atoms with Gasteiger partial charge in [-0.1, -0.05) is 6.07 Å². The van der Waals surface area contributed by atoms with Gasteiger partial charge in [-0.2, -0.15) is 0 Å². The molecule has 0 N–H and O–H groups in total. The van der Waals surface area contributed by atoms with E-state index in [9.17, 15) is 0 Å². The molecule has 7 heteroatoms. The van der Waals surface area contributed by atoms with Crippen LogP contribution in [0.4, 0.5) is 0 Å². The van der Waals surface area contributed by atoms with E-state index in [0.717, 1.165) is 37.7 Å². The van der Waals surface area contributed by atoms with Gasteiger partial charge in [0.1, 0.15) is 5.01 Å². The minimum absolute atomic E-state index is 0.346. The summed E-state index contributed by atoms with van der Waals surface area (Å²) in [5, 5.41) is 3.32. The van der Waals surface area contributed by atoms with Crippen LogP contribution in [0, 0.1) is 0 Å². The topological polar surface area (TPSA) is 41.1 Å². The van der Waals surface area contributed by atoms with E-state index in [4.69, 9.17) is 9.47 Å². The fourth-order valence-corrected chi connectivity index (χ4v) is 5.24. The van der Waals surface area contributed by atoms with E-state index in [-0.39, 0.29) is 0 Å². The van der Waals surface area contributed by atoms with Crippen molar-refractivity contribution < 1.29 is 9.47 Å². The molecule has 1 unspecified atom stereocenters. The SMILES string of the molecule is c1csc(CN2CCCC(N3CCN(Cc4ccc5c(c4)OCO5)CC3)C2)n1. The maximum atomic E-state index is 5.51. The first kappa shape index (κ1) is 18.4. The zero-order valence-corrected chi connectivity index (χ0v) is 17.1. The lowest BCUT2D eigenvalue weighted by Gasteiger charge is -2.43. The number of benzene rings is 1. The molecule has 150 valence electrons. The average molecular weight is 401 g/mol. The van der Waals surface area contributed by atoms with E-state index >= 15 is 0 Å². The van der Waals surface area contributed by atoms with E-state index < -0.39 is 0 Å². The van der Waals surface area contributed by atoms with Crippen LogP contribution in [0.25, 0.3) is 0 Å². The van der Waals surface area contributed by atoms with E-state index in [1.165, 1.54) is 49.6 Å². The van der Waals surface area contributed by atoms with Crippen molar-refractivity contribution in [2.45, 2.75) is 32.0 Å². The Balaban J connectivity index is 1.11. The highest BCUT2D eigenvalue weighted by molar-refractivity contribution is 7.09. The lowest BCUT2D eigenvalue weighted by atomic mass is 10.0. The molecule has 3 aliphatic heterocycles.